The quantitative estimate of drug-likeness (QED) is 0.850. The minimum atomic E-state index is 0.189. The Hall–Kier alpha value is -0.870. The molecule has 17 heavy (non-hydrogen) atoms. The molecule has 0 spiro atoms. The monoisotopic (exact) mass is 235 g/mol. The van der Waals surface area contributed by atoms with E-state index in [1.165, 1.54) is 18.5 Å². The molecular weight excluding hydrogens is 214 g/mol. The molecule has 4 heteroatoms. The summed E-state index contributed by atoms with van der Waals surface area (Å²) >= 11 is 0. The molecule has 1 aromatic heterocycles. The molecule has 0 aliphatic carbocycles. The molecule has 0 unspecified atom stereocenters. The minimum absolute atomic E-state index is 0.189. The first-order valence-electron chi connectivity index (χ1n) is 6.63. The molecular formula is C13H21N3O. The van der Waals surface area contributed by atoms with Gasteiger partial charge in [-0.15, -0.1) is 0 Å². The van der Waals surface area contributed by atoms with Crippen LogP contribution in [0.15, 0.2) is 12.5 Å². The van der Waals surface area contributed by atoms with Crippen molar-refractivity contribution in [2.24, 2.45) is 0 Å². The van der Waals surface area contributed by atoms with E-state index >= 15 is 0 Å². The SMILES string of the molecule is CC1(n2cncc2[C@@H]2CCCN2)CCOCC1. The third-order valence-corrected chi connectivity index (χ3v) is 4.24. The Labute approximate surface area is 102 Å². The molecule has 1 atom stereocenters. The van der Waals surface area contributed by atoms with Crippen LogP contribution in [0.5, 0.6) is 0 Å². The molecule has 94 valence electrons. The Morgan fingerprint density at radius 2 is 2.29 bits per heavy atom. The summed E-state index contributed by atoms with van der Waals surface area (Å²) in [6, 6.07) is 0.497. The maximum absolute atomic E-state index is 5.48. The molecule has 2 aliphatic heterocycles. The summed E-state index contributed by atoms with van der Waals surface area (Å²) in [7, 11) is 0. The number of ether oxygens (including phenoxy) is 1. The second kappa shape index (κ2) is 4.42. The van der Waals surface area contributed by atoms with Gasteiger partial charge in [0.05, 0.1) is 12.0 Å². The van der Waals surface area contributed by atoms with Gasteiger partial charge in [-0.25, -0.2) is 4.98 Å². The van der Waals surface area contributed by atoms with Crippen LogP contribution in [0.1, 0.15) is 44.3 Å². The smallest absolute Gasteiger partial charge is 0.0953 e. The van der Waals surface area contributed by atoms with Gasteiger partial charge in [0.15, 0.2) is 0 Å². The van der Waals surface area contributed by atoms with Crippen molar-refractivity contribution in [3.05, 3.63) is 18.2 Å². The van der Waals surface area contributed by atoms with Gasteiger partial charge in [-0.05, 0) is 39.2 Å². The third-order valence-electron chi connectivity index (χ3n) is 4.24. The molecule has 3 heterocycles. The molecule has 1 N–H and O–H groups in total. The average Bonchev–Trinajstić information content (AvgIpc) is 3.01. The number of rotatable bonds is 2. The van der Waals surface area contributed by atoms with Gasteiger partial charge in [-0.3, -0.25) is 0 Å². The molecule has 3 rings (SSSR count). The molecule has 4 nitrogen and oxygen atoms in total. The van der Waals surface area contributed by atoms with Crippen molar-refractivity contribution >= 4 is 0 Å². The lowest BCUT2D eigenvalue weighted by molar-refractivity contribution is 0.0278. The lowest BCUT2D eigenvalue weighted by atomic mass is 9.91. The summed E-state index contributed by atoms with van der Waals surface area (Å²) in [6.45, 7) is 5.20. The van der Waals surface area contributed by atoms with Gasteiger partial charge in [-0.2, -0.15) is 0 Å². The topological polar surface area (TPSA) is 39.1 Å². The number of hydrogen-bond acceptors (Lipinski definition) is 3. The first-order valence-corrected chi connectivity index (χ1v) is 6.63. The Bertz CT molecular complexity index is 376. The summed E-state index contributed by atoms with van der Waals surface area (Å²) in [4.78, 5) is 4.37. The van der Waals surface area contributed by atoms with E-state index in [2.05, 4.69) is 21.8 Å². The molecule has 2 saturated heterocycles. The second-order valence-electron chi connectivity index (χ2n) is 5.45. The van der Waals surface area contributed by atoms with E-state index in [0.29, 0.717) is 6.04 Å². The zero-order valence-electron chi connectivity index (χ0n) is 10.5. The molecule has 2 aliphatic rings. The van der Waals surface area contributed by atoms with Crippen LogP contribution in [-0.4, -0.2) is 29.3 Å². The average molecular weight is 235 g/mol. The van der Waals surface area contributed by atoms with E-state index in [1.54, 1.807) is 0 Å². The third kappa shape index (κ3) is 2.00. The number of nitrogens with one attached hydrogen (secondary N) is 1. The van der Waals surface area contributed by atoms with Crippen molar-refractivity contribution in [3.63, 3.8) is 0 Å². The standard InChI is InChI=1S/C13H21N3O/c1-13(4-7-17-8-5-13)16-10-14-9-12(16)11-3-2-6-15-11/h9-11,15H,2-8H2,1H3/t11-/m0/s1. The highest BCUT2D eigenvalue weighted by atomic mass is 16.5. The lowest BCUT2D eigenvalue weighted by Crippen LogP contribution is -2.38. The van der Waals surface area contributed by atoms with Crippen LogP contribution in [-0.2, 0) is 10.3 Å². The van der Waals surface area contributed by atoms with E-state index < -0.39 is 0 Å². The van der Waals surface area contributed by atoms with Gasteiger partial charge in [0.1, 0.15) is 0 Å². The van der Waals surface area contributed by atoms with Gasteiger partial charge < -0.3 is 14.6 Å². The Morgan fingerprint density at radius 3 is 3.00 bits per heavy atom. The van der Waals surface area contributed by atoms with Crippen molar-refractivity contribution in [3.8, 4) is 0 Å². The molecule has 2 fully saturated rings. The molecule has 0 aromatic carbocycles. The number of aromatic nitrogens is 2. The van der Waals surface area contributed by atoms with Crippen molar-refractivity contribution in [2.75, 3.05) is 19.8 Å². The first-order chi connectivity index (χ1) is 8.30. The zero-order valence-corrected chi connectivity index (χ0v) is 10.5. The van der Waals surface area contributed by atoms with Crippen LogP contribution in [0.4, 0.5) is 0 Å². The maximum Gasteiger partial charge on any atom is 0.0953 e. The number of nitrogens with zero attached hydrogens (tertiary/aromatic N) is 2. The van der Waals surface area contributed by atoms with E-state index in [4.69, 9.17) is 4.74 Å². The van der Waals surface area contributed by atoms with Gasteiger partial charge in [0.25, 0.3) is 0 Å². The predicted octanol–water partition coefficient (Wildman–Crippen LogP) is 1.83. The van der Waals surface area contributed by atoms with Crippen molar-refractivity contribution in [2.45, 2.75) is 44.2 Å². The van der Waals surface area contributed by atoms with Crippen molar-refractivity contribution in [1.82, 2.24) is 14.9 Å². The van der Waals surface area contributed by atoms with Gasteiger partial charge in [0, 0.05) is 31.0 Å². The summed E-state index contributed by atoms with van der Waals surface area (Å²) in [6.07, 6.45) is 8.71. The summed E-state index contributed by atoms with van der Waals surface area (Å²) in [5, 5.41) is 3.56. The van der Waals surface area contributed by atoms with Gasteiger partial charge in [-0.1, -0.05) is 0 Å². The number of hydrogen-bond donors (Lipinski definition) is 1. The largest absolute Gasteiger partial charge is 0.381 e. The summed E-state index contributed by atoms with van der Waals surface area (Å²) in [5.74, 6) is 0. The number of imidazole rings is 1. The predicted molar refractivity (Wildman–Crippen MR) is 65.9 cm³/mol. The normalized spacial score (nSPS) is 28.4. The Morgan fingerprint density at radius 1 is 1.47 bits per heavy atom. The summed E-state index contributed by atoms with van der Waals surface area (Å²) < 4.78 is 7.87. The molecule has 0 bridgehead atoms. The highest BCUT2D eigenvalue weighted by Gasteiger charge is 2.32. The van der Waals surface area contributed by atoms with Crippen LogP contribution in [0, 0.1) is 0 Å². The van der Waals surface area contributed by atoms with Gasteiger partial charge in [0.2, 0.25) is 0 Å². The van der Waals surface area contributed by atoms with E-state index in [-0.39, 0.29) is 5.54 Å². The lowest BCUT2D eigenvalue weighted by Gasteiger charge is -2.37. The fraction of sp³-hybridized carbons (Fsp3) is 0.769. The van der Waals surface area contributed by atoms with Crippen LogP contribution >= 0.6 is 0 Å². The van der Waals surface area contributed by atoms with Gasteiger partial charge >= 0.3 is 0 Å². The van der Waals surface area contributed by atoms with E-state index in [1.807, 2.05) is 12.5 Å². The second-order valence-corrected chi connectivity index (χ2v) is 5.45. The van der Waals surface area contributed by atoms with E-state index in [9.17, 15) is 0 Å². The van der Waals surface area contributed by atoms with Crippen molar-refractivity contribution in [1.29, 1.82) is 0 Å². The molecule has 0 radical (unpaired) electrons. The van der Waals surface area contributed by atoms with Crippen LogP contribution < -0.4 is 5.32 Å². The first kappa shape index (κ1) is 11.2. The highest BCUT2D eigenvalue weighted by Crippen LogP contribution is 2.33. The molecule has 0 amide bonds. The van der Waals surface area contributed by atoms with E-state index in [0.717, 1.165) is 32.6 Å². The molecule has 0 saturated carbocycles. The Kier molecular flexibility index (Phi) is 2.92. The zero-order chi connectivity index (χ0) is 11.7. The van der Waals surface area contributed by atoms with Crippen LogP contribution in [0.2, 0.25) is 0 Å². The van der Waals surface area contributed by atoms with Crippen molar-refractivity contribution < 1.29 is 4.74 Å². The summed E-state index contributed by atoms with van der Waals surface area (Å²) in [5.41, 5.74) is 1.54. The fourth-order valence-corrected chi connectivity index (χ4v) is 3.00. The fourth-order valence-electron chi connectivity index (χ4n) is 3.00. The maximum atomic E-state index is 5.48. The highest BCUT2D eigenvalue weighted by molar-refractivity contribution is 5.11. The Balaban J connectivity index is 1.89. The molecule has 1 aromatic rings. The minimum Gasteiger partial charge on any atom is -0.381 e. The van der Waals surface area contributed by atoms with Crippen LogP contribution in [0.25, 0.3) is 0 Å². The van der Waals surface area contributed by atoms with Crippen LogP contribution in [0.3, 0.4) is 0 Å².